The molecule has 2 unspecified atom stereocenters. The van der Waals surface area contributed by atoms with Gasteiger partial charge in [-0.25, -0.2) is 0 Å². The summed E-state index contributed by atoms with van der Waals surface area (Å²) < 4.78 is 9.33. The average Bonchev–Trinajstić information content (AvgIpc) is 2.20. The Kier molecular flexibility index (Phi) is 7.15. The second-order valence-corrected chi connectivity index (χ2v) is 3.28. The van der Waals surface area contributed by atoms with E-state index in [4.69, 9.17) is 16.2 Å². The van der Waals surface area contributed by atoms with E-state index >= 15 is 0 Å². The van der Waals surface area contributed by atoms with E-state index in [0.717, 1.165) is 0 Å². The van der Waals surface area contributed by atoms with Crippen LogP contribution in [0.15, 0.2) is 12.2 Å². The van der Waals surface area contributed by atoms with Gasteiger partial charge in [-0.2, -0.15) is 0 Å². The summed E-state index contributed by atoms with van der Waals surface area (Å²) in [4.78, 5) is 21.6. The first-order valence-electron chi connectivity index (χ1n) is 4.93. The zero-order valence-corrected chi connectivity index (χ0v) is 9.51. The maximum atomic E-state index is 11.2. The standard InChI is InChI=1S/C10H18N2O4/c1-7(11)3-4-9(12)10(14)16-6-5-15-8(2)13/h3-4,7,9H,5-6,11-12H2,1-2H3/b4-3-. The third kappa shape index (κ3) is 7.95. The minimum Gasteiger partial charge on any atom is -0.462 e. The minimum absolute atomic E-state index is 0.00185. The topological polar surface area (TPSA) is 105 Å². The van der Waals surface area contributed by atoms with Gasteiger partial charge in [-0.05, 0) is 6.92 Å². The molecule has 4 N–H and O–H groups in total. The van der Waals surface area contributed by atoms with E-state index < -0.39 is 18.0 Å². The Labute approximate surface area is 94.6 Å². The molecule has 0 bridgehead atoms. The van der Waals surface area contributed by atoms with Crippen LogP contribution >= 0.6 is 0 Å². The third-order valence-electron chi connectivity index (χ3n) is 1.53. The zero-order chi connectivity index (χ0) is 12.6. The van der Waals surface area contributed by atoms with Gasteiger partial charge in [0.05, 0.1) is 0 Å². The molecule has 0 heterocycles. The predicted molar refractivity (Wildman–Crippen MR) is 58.4 cm³/mol. The fourth-order valence-electron chi connectivity index (χ4n) is 0.797. The predicted octanol–water partition coefficient (Wildman–Crippen LogP) is -0.677. The summed E-state index contributed by atoms with van der Waals surface area (Å²) in [6.45, 7) is 3.07. The Balaban J connectivity index is 3.75. The van der Waals surface area contributed by atoms with Crippen molar-refractivity contribution in [2.24, 2.45) is 11.5 Å². The Hall–Kier alpha value is -1.40. The molecule has 16 heavy (non-hydrogen) atoms. The molecule has 2 atom stereocenters. The van der Waals surface area contributed by atoms with Crippen molar-refractivity contribution in [3.05, 3.63) is 12.2 Å². The number of nitrogens with two attached hydrogens (primary N) is 2. The first-order valence-corrected chi connectivity index (χ1v) is 4.93. The van der Waals surface area contributed by atoms with Gasteiger partial charge in [0.2, 0.25) is 0 Å². The monoisotopic (exact) mass is 230 g/mol. The molecule has 0 aromatic carbocycles. The average molecular weight is 230 g/mol. The van der Waals surface area contributed by atoms with Crippen molar-refractivity contribution in [2.75, 3.05) is 13.2 Å². The third-order valence-corrected chi connectivity index (χ3v) is 1.53. The highest BCUT2D eigenvalue weighted by molar-refractivity contribution is 5.77. The lowest BCUT2D eigenvalue weighted by Crippen LogP contribution is -2.31. The van der Waals surface area contributed by atoms with Crippen LogP contribution in [0.25, 0.3) is 0 Å². The maximum absolute atomic E-state index is 11.2. The summed E-state index contributed by atoms with van der Waals surface area (Å²) in [5.41, 5.74) is 10.9. The molecule has 0 fully saturated rings. The van der Waals surface area contributed by atoms with Gasteiger partial charge in [-0.1, -0.05) is 12.2 Å². The molecule has 0 aliphatic carbocycles. The van der Waals surface area contributed by atoms with Crippen LogP contribution in [0.3, 0.4) is 0 Å². The highest BCUT2D eigenvalue weighted by Gasteiger charge is 2.11. The highest BCUT2D eigenvalue weighted by Crippen LogP contribution is 1.90. The summed E-state index contributed by atoms with van der Waals surface area (Å²) >= 11 is 0. The first kappa shape index (κ1) is 14.6. The van der Waals surface area contributed by atoms with E-state index in [2.05, 4.69) is 4.74 Å². The van der Waals surface area contributed by atoms with Gasteiger partial charge in [0.25, 0.3) is 0 Å². The van der Waals surface area contributed by atoms with E-state index in [1.54, 1.807) is 13.0 Å². The van der Waals surface area contributed by atoms with Crippen molar-refractivity contribution in [2.45, 2.75) is 25.9 Å². The van der Waals surface area contributed by atoms with Crippen LogP contribution in [0.5, 0.6) is 0 Å². The fourth-order valence-corrected chi connectivity index (χ4v) is 0.797. The molecule has 92 valence electrons. The van der Waals surface area contributed by atoms with Gasteiger partial charge in [0.1, 0.15) is 19.3 Å². The molecule has 0 amide bonds. The molecular weight excluding hydrogens is 212 g/mol. The smallest absolute Gasteiger partial charge is 0.327 e. The fraction of sp³-hybridized carbons (Fsp3) is 0.600. The van der Waals surface area contributed by atoms with Crippen molar-refractivity contribution < 1.29 is 19.1 Å². The molecule has 0 saturated heterocycles. The van der Waals surface area contributed by atoms with Crippen LogP contribution in [0.4, 0.5) is 0 Å². The summed E-state index contributed by atoms with van der Waals surface area (Å²) in [5, 5.41) is 0. The molecule has 0 aromatic rings. The van der Waals surface area contributed by atoms with E-state index in [1.807, 2.05) is 0 Å². The van der Waals surface area contributed by atoms with E-state index in [0.29, 0.717) is 0 Å². The highest BCUT2D eigenvalue weighted by atomic mass is 16.6. The van der Waals surface area contributed by atoms with Crippen molar-refractivity contribution in [3.63, 3.8) is 0 Å². The minimum atomic E-state index is -0.844. The Morgan fingerprint density at radius 2 is 1.75 bits per heavy atom. The van der Waals surface area contributed by atoms with E-state index in [-0.39, 0.29) is 19.3 Å². The number of hydrogen-bond acceptors (Lipinski definition) is 6. The van der Waals surface area contributed by atoms with Crippen molar-refractivity contribution in [1.29, 1.82) is 0 Å². The number of rotatable bonds is 6. The number of carbonyl (C=O) groups excluding carboxylic acids is 2. The maximum Gasteiger partial charge on any atom is 0.327 e. The first-order chi connectivity index (χ1) is 7.43. The lowest BCUT2D eigenvalue weighted by molar-refractivity contribution is -0.151. The molecule has 0 saturated carbocycles. The van der Waals surface area contributed by atoms with Crippen LogP contribution in [0, 0.1) is 0 Å². The Morgan fingerprint density at radius 3 is 2.25 bits per heavy atom. The molecule has 0 aliphatic rings. The van der Waals surface area contributed by atoms with Gasteiger partial charge in [-0.15, -0.1) is 0 Å². The normalized spacial score (nSPS) is 14.5. The number of esters is 2. The summed E-state index contributed by atoms with van der Waals surface area (Å²) in [5.74, 6) is -0.999. The van der Waals surface area contributed by atoms with Gasteiger partial charge in [0, 0.05) is 13.0 Å². The quantitative estimate of drug-likeness (QED) is 0.356. The number of ether oxygens (including phenoxy) is 2. The second kappa shape index (κ2) is 7.84. The molecule has 6 heteroatoms. The molecule has 0 radical (unpaired) electrons. The molecule has 0 rings (SSSR count). The molecule has 0 aromatic heterocycles. The molecule has 6 nitrogen and oxygen atoms in total. The van der Waals surface area contributed by atoms with Gasteiger partial charge in [-0.3, -0.25) is 9.59 Å². The largest absolute Gasteiger partial charge is 0.462 e. The Morgan fingerprint density at radius 1 is 1.19 bits per heavy atom. The SMILES string of the molecule is CC(=O)OCCOC(=O)C(N)/C=C\C(C)N. The van der Waals surface area contributed by atoms with E-state index in [1.165, 1.54) is 13.0 Å². The second-order valence-electron chi connectivity index (χ2n) is 3.28. The van der Waals surface area contributed by atoms with Crippen LogP contribution < -0.4 is 11.5 Å². The summed E-state index contributed by atoms with van der Waals surface area (Å²) in [6, 6.07) is -1.01. The number of carbonyl (C=O) groups is 2. The summed E-state index contributed by atoms with van der Waals surface area (Å²) in [7, 11) is 0. The Bertz CT molecular complexity index is 264. The van der Waals surface area contributed by atoms with E-state index in [9.17, 15) is 9.59 Å². The van der Waals surface area contributed by atoms with Crippen LogP contribution in [0.1, 0.15) is 13.8 Å². The lowest BCUT2D eigenvalue weighted by atomic mass is 10.2. The number of hydrogen-bond donors (Lipinski definition) is 2. The molecule has 0 spiro atoms. The van der Waals surface area contributed by atoms with Gasteiger partial charge >= 0.3 is 11.9 Å². The van der Waals surface area contributed by atoms with Crippen molar-refractivity contribution in [3.8, 4) is 0 Å². The van der Waals surface area contributed by atoms with Crippen molar-refractivity contribution >= 4 is 11.9 Å². The van der Waals surface area contributed by atoms with Crippen LogP contribution in [-0.2, 0) is 19.1 Å². The zero-order valence-electron chi connectivity index (χ0n) is 9.51. The van der Waals surface area contributed by atoms with Gasteiger partial charge in [0.15, 0.2) is 0 Å². The van der Waals surface area contributed by atoms with Crippen molar-refractivity contribution in [1.82, 2.24) is 0 Å². The molecular formula is C10H18N2O4. The van der Waals surface area contributed by atoms with Gasteiger partial charge < -0.3 is 20.9 Å². The van der Waals surface area contributed by atoms with Crippen LogP contribution in [0.2, 0.25) is 0 Å². The molecule has 0 aliphatic heterocycles. The summed E-state index contributed by atoms with van der Waals surface area (Å²) in [6.07, 6.45) is 3.08. The van der Waals surface area contributed by atoms with Crippen LogP contribution in [-0.4, -0.2) is 37.2 Å². The lowest BCUT2D eigenvalue weighted by Gasteiger charge is -2.08.